The van der Waals surface area contributed by atoms with E-state index < -0.39 is 0 Å². The van der Waals surface area contributed by atoms with Crippen molar-refractivity contribution in [2.24, 2.45) is 0 Å². The van der Waals surface area contributed by atoms with Crippen LogP contribution in [0.4, 0.5) is 15.8 Å². The molecule has 2 aromatic carbocycles. The Hall–Kier alpha value is -1.87. The Bertz CT molecular complexity index is 581. The number of nitrogens with one attached hydrogen (secondary N) is 1. The highest BCUT2D eigenvalue weighted by molar-refractivity contribution is 5.66. The largest absolute Gasteiger partial charge is 0.342 e. The Morgan fingerprint density at radius 1 is 1.10 bits per heavy atom. The fraction of sp³-hybridized carbons (Fsp3) is 0.294. The number of aryl methyl sites for hydroxylation is 1. The number of nitrogens with zero attached hydrogens (tertiary/aromatic N) is 1. The van der Waals surface area contributed by atoms with Gasteiger partial charge in [-0.1, -0.05) is 36.8 Å². The van der Waals surface area contributed by atoms with Crippen LogP contribution < -0.4 is 10.2 Å². The molecule has 0 aromatic heterocycles. The van der Waals surface area contributed by atoms with E-state index in [-0.39, 0.29) is 5.82 Å². The van der Waals surface area contributed by atoms with Crippen molar-refractivity contribution in [2.45, 2.75) is 20.4 Å². The molecule has 3 heteroatoms. The van der Waals surface area contributed by atoms with Crippen LogP contribution in [0, 0.1) is 12.7 Å². The quantitative estimate of drug-likeness (QED) is 0.884. The first-order valence-corrected chi connectivity index (χ1v) is 6.92. The average molecular weight is 272 g/mol. The van der Waals surface area contributed by atoms with Crippen molar-refractivity contribution in [1.29, 1.82) is 0 Å². The molecule has 0 saturated carbocycles. The van der Waals surface area contributed by atoms with E-state index in [9.17, 15) is 4.39 Å². The number of hydrogen-bond donors (Lipinski definition) is 1. The minimum atomic E-state index is -0.204. The molecule has 0 aliphatic heterocycles. The van der Waals surface area contributed by atoms with Gasteiger partial charge < -0.3 is 10.2 Å². The number of rotatable bonds is 5. The Labute approximate surface area is 120 Å². The summed E-state index contributed by atoms with van der Waals surface area (Å²) >= 11 is 0. The van der Waals surface area contributed by atoms with E-state index in [1.54, 1.807) is 12.1 Å². The second-order valence-corrected chi connectivity index (χ2v) is 4.92. The van der Waals surface area contributed by atoms with Crippen molar-refractivity contribution < 1.29 is 4.39 Å². The van der Waals surface area contributed by atoms with Crippen molar-refractivity contribution in [1.82, 2.24) is 5.32 Å². The highest BCUT2D eigenvalue weighted by atomic mass is 19.1. The summed E-state index contributed by atoms with van der Waals surface area (Å²) in [6, 6.07) is 13.1. The maximum atomic E-state index is 13.9. The van der Waals surface area contributed by atoms with Gasteiger partial charge in [0, 0.05) is 19.3 Å². The van der Waals surface area contributed by atoms with Gasteiger partial charge in [-0.05, 0) is 37.2 Å². The summed E-state index contributed by atoms with van der Waals surface area (Å²) < 4.78 is 13.9. The lowest BCUT2D eigenvalue weighted by Gasteiger charge is -2.23. The van der Waals surface area contributed by atoms with Crippen LogP contribution in [0.1, 0.15) is 18.1 Å². The van der Waals surface area contributed by atoms with E-state index in [1.807, 2.05) is 18.0 Å². The maximum Gasteiger partial charge on any atom is 0.146 e. The van der Waals surface area contributed by atoms with E-state index in [1.165, 1.54) is 17.2 Å². The molecule has 0 aliphatic carbocycles. The van der Waals surface area contributed by atoms with Gasteiger partial charge in [0.15, 0.2) is 0 Å². The molecule has 0 radical (unpaired) electrons. The molecule has 2 aromatic rings. The number of halogens is 1. The molecule has 0 aliphatic rings. The van der Waals surface area contributed by atoms with Gasteiger partial charge in [-0.15, -0.1) is 0 Å². The third kappa shape index (κ3) is 3.17. The monoisotopic (exact) mass is 272 g/mol. The normalized spacial score (nSPS) is 10.6. The number of para-hydroxylation sites is 1. The van der Waals surface area contributed by atoms with Crippen LogP contribution in [0.15, 0.2) is 42.5 Å². The number of anilines is 2. The predicted molar refractivity (Wildman–Crippen MR) is 83.0 cm³/mol. The molecule has 2 nitrogen and oxygen atoms in total. The Morgan fingerprint density at radius 3 is 2.55 bits per heavy atom. The topological polar surface area (TPSA) is 15.3 Å². The molecule has 0 bridgehead atoms. The molecule has 0 heterocycles. The summed E-state index contributed by atoms with van der Waals surface area (Å²) in [7, 11) is 1.90. The Morgan fingerprint density at radius 2 is 1.85 bits per heavy atom. The highest BCUT2D eigenvalue weighted by Crippen LogP contribution is 2.29. The highest BCUT2D eigenvalue weighted by Gasteiger charge is 2.12. The number of hydrogen-bond acceptors (Lipinski definition) is 2. The van der Waals surface area contributed by atoms with Crippen molar-refractivity contribution >= 4 is 11.4 Å². The SMILES string of the molecule is CCNCc1cc(C)ccc1N(C)c1ccccc1F. The van der Waals surface area contributed by atoms with Crippen LogP contribution >= 0.6 is 0 Å². The van der Waals surface area contributed by atoms with E-state index in [2.05, 4.69) is 37.4 Å². The Kier molecular flexibility index (Phi) is 4.74. The molecule has 20 heavy (non-hydrogen) atoms. The van der Waals surface area contributed by atoms with Crippen molar-refractivity contribution in [3.63, 3.8) is 0 Å². The lowest BCUT2D eigenvalue weighted by Crippen LogP contribution is -2.18. The molecular formula is C17H21FN2. The summed E-state index contributed by atoms with van der Waals surface area (Å²) in [4.78, 5) is 1.90. The summed E-state index contributed by atoms with van der Waals surface area (Å²) in [6.45, 7) is 5.85. The fourth-order valence-electron chi connectivity index (χ4n) is 2.30. The molecule has 0 atom stereocenters. The van der Waals surface area contributed by atoms with Gasteiger partial charge in [-0.25, -0.2) is 4.39 Å². The van der Waals surface area contributed by atoms with Crippen molar-refractivity contribution in [2.75, 3.05) is 18.5 Å². The first-order chi connectivity index (χ1) is 9.63. The minimum Gasteiger partial charge on any atom is -0.342 e. The third-order valence-corrected chi connectivity index (χ3v) is 3.38. The Balaban J connectivity index is 2.38. The van der Waals surface area contributed by atoms with E-state index in [4.69, 9.17) is 0 Å². The van der Waals surface area contributed by atoms with Gasteiger partial charge in [0.05, 0.1) is 5.69 Å². The number of benzene rings is 2. The summed E-state index contributed by atoms with van der Waals surface area (Å²) in [6.07, 6.45) is 0. The fourth-order valence-corrected chi connectivity index (χ4v) is 2.30. The van der Waals surface area contributed by atoms with Gasteiger partial charge in [-0.2, -0.15) is 0 Å². The second-order valence-electron chi connectivity index (χ2n) is 4.92. The van der Waals surface area contributed by atoms with Gasteiger partial charge in [0.2, 0.25) is 0 Å². The zero-order valence-corrected chi connectivity index (χ0v) is 12.3. The van der Waals surface area contributed by atoms with E-state index in [0.717, 1.165) is 18.8 Å². The second kappa shape index (κ2) is 6.53. The average Bonchev–Trinajstić information content (AvgIpc) is 2.45. The van der Waals surface area contributed by atoms with Crippen LogP contribution in [0.25, 0.3) is 0 Å². The molecule has 0 spiro atoms. The maximum absolute atomic E-state index is 13.9. The van der Waals surface area contributed by atoms with Crippen LogP contribution in [0.3, 0.4) is 0 Å². The van der Waals surface area contributed by atoms with Gasteiger partial charge in [-0.3, -0.25) is 0 Å². The van der Waals surface area contributed by atoms with Crippen LogP contribution in [-0.4, -0.2) is 13.6 Å². The summed E-state index contributed by atoms with van der Waals surface area (Å²) in [5.74, 6) is -0.204. The predicted octanol–water partition coefficient (Wildman–Crippen LogP) is 4.01. The van der Waals surface area contributed by atoms with Crippen molar-refractivity contribution in [3.8, 4) is 0 Å². The van der Waals surface area contributed by atoms with Gasteiger partial charge >= 0.3 is 0 Å². The molecule has 0 fully saturated rings. The first kappa shape index (κ1) is 14.5. The molecule has 1 N–H and O–H groups in total. The zero-order chi connectivity index (χ0) is 14.5. The van der Waals surface area contributed by atoms with Crippen LogP contribution in [-0.2, 0) is 6.54 Å². The minimum absolute atomic E-state index is 0.204. The molecular weight excluding hydrogens is 251 g/mol. The van der Waals surface area contributed by atoms with Gasteiger partial charge in [0.1, 0.15) is 5.82 Å². The molecule has 2 rings (SSSR count). The van der Waals surface area contributed by atoms with Gasteiger partial charge in [0.25, 0.3) is 0 Å². The van der Waals surface area contributed by atoms with Crippen LogP contribution in [0.2, 0.25) is 0 Å². The van der Waals surface area contributed by atoms with E-state index in [0.29, 0.717) is 5.69 Å². The smallest absolute Gasteiger partial charge is 0.146 e. The molecule has 0 unspecified atom stereocenters. The molecule has 0 saturated heterocycles. The van der Waals surface area contributed by atoms with E-state index >= 15 is 0 Å². The van der Waals surface area contributed by atoms with Crippen molar-refractivity contribution in [3.05, 3.63) is 59.4 Å². The zero-order valence-electron chi connectivity index (χ0n) is 12.3. The summed E-state index contributed by atoms with van der Waals surface area (Å²) in [5.41, 5.74) is 4.01. The first-order valence-electron chi connectivity index (χ1n) is 6.92. The lowest BCUT2D eigenvalue weighted by atomic mass is 10.1. The van der Waals surface area contributed by atoms with Crippen LogP contribution in [0.5, 0.6) is 0 Å². The third-order valence-electron chi connectivity index (χ3n) is 3.38. The molecule has 106 valence electrons. The lowest BCUT2D eigenvalue weighted by molar-refractivity contribution is 0.627. The molecule has 0 amide bonds. The summed E-state index contributed by atoms with van der Waals surface area (Å²) in [5, 5.41) is 3.33. The standard InChI is InChI=1S/C17H21FN2/c1-4-19-12-14-11-13(2)9-10-16(14)20(3)17-8-6-5-7-15(17)18/h5-11,19H,4,12H2,1-3H3.